The number of halogens is 1. The van der Waals surface area contributed by atoms with Gasteiger partial charge in [-0.1, -0.05) is 15.9 Å². The summed E-state index contributed by atoms with van der Waals surface area (Å²) in [6, 6.07) is 3.88. The van der Waals surface area contributed by atoms with Crippen molar-refractivity contribution in [3.63, 3.8) is 0 Å². The van der Waals surface area contributed by atoms with Gasteiger partial charge in [0.05, 0.1) is 23.8 Å². The van der Waals surface area contributed by atoms with Crippen molar-refractivity contribution in [3.05, 3.63) is 39.4 Å². The van der Waals surface area contributed by atoms with Gasteiger partial charge in [-0.3, -0.25) is 14.2 Å². The Hall–Kier alpha value is -2.22. The third kappa shape index (κ3) is 3.46. The Morgan fingerprint density at radius 1 is 1.48 bits per heavy atom. The lowest BCUT2D eigenvalue weighted by molar-refractivity contribution is -0.141. The molecule has 0 aliphatic carbocycles. The lowest BCUT2D eigenvalue weighted by Gasteiger charge is -2.14. The molecule has 0 radical (unpaired) electrons. The summed E-state index contributed by atoms with van der Waals surface area (Å²) in [5.41, 5.74) is 0.156. The Bertz CT molecular complexity index is 772. The van der Waals surface area contributed by atoms with E-state index < -0.39 is 17.9 Å². The standard InChI is InChI=1S/C13H12BrN3O4/c1-7(18)16-11(13(20)21)5-17-6-15-10-3-2-8(14)4-9(10)12(17)19/h2-4,6,11H,5H2,1H3,(H,16,18)(H,20,21). The van der Waals surface area contributed by atoms with Crippen LogP contribution in [0.2, 0.25) is 0 Å². The van der Waals surface area contributed by atoms with Crippen LogP contribution in [-0.2, 0) is 16.1 Å². The molecule has 7 nitrogen and oxygen atoms in total. The van der Waals surface area contributed by atoms with Crippen LogP contribution in [0.1, 0.15) is 6.92 Å². The average Bonchev–Trinajstić information content (AvgIpc) is 2.41. The summed E-state index contributed by atoms with van der Waals surface area (Å²) in [5.74, 6) is -1.70. The highest BCUT2D eigenvalue weighted by Gasteiger charge is 2.20. The summed E-state index contributed by atoms with van der Waals surface area (Å²) in [7, 11) is 0. The van der Waals surface area contributed by atoms with Crippen LogP contribution in [0.25, 0.3) is 10.9 Å². The summed E-state index contributed by atoms with van der Waals surface area (Å²) in [6.07, 6.45) is 1.27. The van der Waals surface area contributed by atoms with Crippen LogP contribution in [0, 0.1) is 0 Å². The quantitative estimate of drug-likeness (QED) is 0.844. The third-order valence-corrected chi connectivity index (χ3v) is 3.33. The summed E-state index contributed by atoms with van der Waals surface area (Å²) >= 11 is 3.27. The fourth-order valence-corrected chi connectivity index (χ4v) is 2.25. The first-order valence-corrected chi connectivity index (χ1v) is 6.82. The number of hydrogen-bond acceptors (Lipinski definition) is 4. The number of nitrogens with zero attached hydrogens (tertiary/aromatic N) is 2. The second kappa shape index (κ2) is 6.04. The molecule has 2 rings (SSSR count). The molecule has 0 saturated carbocycles. The molecule has 0 aliphatic rings. The number of aromatic nitrogens is 2. The van der Waals surface area contributed by atoms with Gasteiger partial charge in [0, 0.05) is 11.4 Å². The number of fused-ring (bicyclic) bond motifs is 1. The second-order valence-electron chi connectivity index (χ2n) is 4.45. The molecule has 21 heavy (non-hydrogen) atoms. The van der Waals surface area contributed by atoms with E-state index >= 15 is 0 Å². The highest BCUT2D eigenvalue weighted by atomic mass is 79.9. The summed E-state index contributed by atoms with van der Waals surface area (Å²) in [6.45, 7) is 1.03. The van der Waals surface area contributed by atoms with Crippen LogP contribution >= 0.6 is 15.9 Å². The van der Waals surface area contributed by atoms with Crippen molar-refractivity contribution < 1.29 is 14.7 Å². The van der Waals surface area contributed by atoms with Crippen LogP contribution < -0.4 is 10.9 Å². The molecule has 1 amide bonds. The number of nitrogens with one attached hydrogen (secondary N) is 1. The van der Waals surface area contributed by atoms with Crippen LogP contribution in [0.4, 0.5) is 0 Å². The largest absolute Gasteiger partial charge is 0.480 e. The third-order valence-electron chi connectivity index (χ3n) is 2.84. The maximum absolute atomic E-state index is 12.3. The van der Waals surface area contributed by atoms with Gasteiger partial charge in [-0.05, 0) is 18.2 Å². The van der Waals surface area contributed by atoms with Crippen molar-refractivity contribution in [1.82, 2.24) is 14.9 Å². The number of carbonyl (C=O) groups excluding carboxylic acids is 1. The van der Waals surface area contributed by atoms with Gasteiger partial charge in [-0.15, -0.1) is 0 Å². The summed E-state index contributed by atoms with van der Waals surface area (Å²) in [4.78, 5) is 38.5. The molecular formula is C13H12BrN3O4. The van der Waals surface area contributed by atoms with Gasteiger partial charge >= 0.3 is 5.97 Å². The van der Waals surface area contributed by atoms with E-state index in [-0.39, 0.29) is 12.1 Å². The SMILES string of the molecule is CC(=O)NC(Cn1cnc2ccc(Br)cc2c1=O)C(=O)O. The number of amides is 1. The number of hydrogen-bond donors (Lipinski definition) is 2. The smallest absolute Gasteiger partial charge is 0.328 e. The van der Waals surface area contributed by atoms with Crippen LogP contribution in [0.3, 0.4) is 0 Å². The molecule has 1 unspecified atom stereocenters. The molecular weight excluding hydrogens is 342 g/mol. The van der Waals surface area contributed by atoms with E-state index in [1.807, 2.05) is 0 Å². The van der Waals surface area contributed by atoms with E-state index in [0.29, 0.717) is 10.9 Å². The normalized spacial score (nSPS) is 12.1. The molecule has 1 heterocycles. The van der Waals surface area contributed by atoms with Crippen LogP contribution in [0.15, 0.2) is 33.8 Å². The number of rotatable bonds is 4. The maximum Gasteiger partial charge on any atom is 0.328 e. The number of carboxylic acid groups (broad SMARTS) is 1. The fraction of sp³-hybridized carbons (Fsp3) is 0.231. The number of aliphatic carboxylic acids is 1. The zero-order valence-corrected chi connectivity index (χ0v) is 12.6. The van der Waals surface area contributed by atoms with Crippen molar-refractivity contribution in [1.29, 1.82) is 0 Å². The first-order valence-electron chi connectivity index (χ1n) is 6.03. The zero-order chi connectivity index (χ0) is 15.6. The molecule has 1 atom stereocenters. The summed E-state index contributed by atoms with van der Waals surface area (Å²) < 4.78 is 1.90. The van der Waals surface area contributed by atoms with Crippen molar-refractivity contribution in [2.24, 2.45) is 0 Å². The highest BCUT2D eigenvalue weighted by Crippen LogP contribution is 2.14. The Morgan fingerprint density at radius 3 is 2.81 bits per heavy atom. The Morgan fingerprint density at radius 2 is 2.19 bits per heavy atom. The molecule has 0 fully saturated rings. The van der Waals surface area contributed by atoms with Gasteiger partial charge in [0.25, 0.3) is 5.56 Å². The van der Waals surface area contributed by atoms with E-state index in [2.05, 4.69) is 26.2 Å². The minimum atomic E-state index is -1.22. The summed E-state index contributed by atoms with van der Waals surface area (Å²) in [5, 5.41) is 11.7. The zero-order valence-electron chi connectivity index (χ0n) is 11.0. The fourth-order valence-electron chi connectivity index (χ4n) is 1.89. The Labute approximate surface area is 127 Å². The first kappa shape index (κ1) is 15.2. The van der Waals surface area contributed by atoms with E-state index in [1.165, 1.54) is 17.8 Å². The molecule has 1 aromatic carbocycles. The Balaban J connectivity index is 2.42. The minimum absolute atomic E-state index is 0.191. The minimum Gasteiger partial charge on any atom is -0.480 e. The first-order chi connectivity index (χ1) is 9.88. The van der Waals surface area contributed by atoms with Crippen LogP contribution in [0.5, 0.6) is 0 Å². The molecule has 8 heteroatoms. The molecule has 0 spiro atoms. The Kier molecular flexibility index (Phi) is 4.37. The van der Waals surface area contributed by atoms with Crippen molar-refractivity contribution in [2.45, 2.75) is 19.5 Å². The molecule has 2 aromatic rings. The lowest BCUT2D eigenvalue weighted by Crippen LogP contribution is -2.44. The number of carboxylic acids is 1. The van der Waals surface area contributed by atoms with Gasteiger partial charge in [-0.2, -0.15) is 0 Å². The average molecular weight is 354 g/mol. The van der Waals surface area contributed by atoms with Gasteiger partial charge in [0.2, 0.25) is 5.91 Å². The maximum atomic E-state index is 12.3. The van der Waals surface area contributed by atoms with E-state index in [9.17, 15) is 14.4 Å². The molecule has 0 bridgehead atoms. The van der Waals surface area contributed by atoms with E-state index in [4.69, 9.17) is 5.11 Å². The molecule has 0 saturated heterocycles. The molecule has 2 N–H and O–H groups in total. The van der Waals surface area contributed by atoms with Crippen molar-refractivity contribution in [3.8, 4) is 0 Å². The van der Waals surface area contributed by atoms with E-state index in [1.54, 1.807) is 18.2 Å². The number of benzene rings is 1. The second-order valence-corrected chi connectivity index (χ2v) is 5.37. The molecule has 110 valence electrons. The van der Waals surface area contributed by atoms with Crippen molar-refractivity contribution in [2.75, 3.05) is 0 Å². The predicted octanol–water partition coefficient (Wildman–Crippen LogP) is 0.748. The molecule has 1 aromatic heterocycles. The molecule has 0 aliphatic heterocycles. The van der Waals surface area contributed by atoms with Gasteiger partial charge in [0.1, 0.15) is 6.04 Å². The van der Waals surface area contributed by atoms with Gasteiger partial charge in [0.15, 0.2) is 0 Å². The van der Waals surface area contributed by atoms with Gasteiger partial charge in [-0.25, -0.2) is 9.78 Å². The number of carbonyl (C=O) groups is 2. The van der Waals surface area contributed by atoms with Crippen LogP contribution in [-0.4, -0.2) is 32.6 Å². The van der Waals surface area contributed by atoms with Gasteiger partial charge < -0.3 is 10.4 Å². The highest BCUT2D eigenvalue weighted by molar-refractivity contribution is 9.10. The predicted molar refractivity (Wildman–Crippen MR) is 78.9 cm³/mol. The monoisotopic (exact) mass is 353 g/mol. The lowest BCUT2D eigenvalue weighted by atomic mass is 10.2. The van der Waals surface area contributed by atoms with E-state index in [0.717, 1.165) is 4.47 Å². The topological polar surface area (TPSA) is 101 Å². The van der Waals surface area contributed by atoms with Crippen molar-refractivity contribution >= 4 is 38.7 Å².